The van der Waals surface area contributed by atoms with Crippen molar-refractivity contribution in [1.82, 2.24) is 10.5 Å². The largest absolute Gasteiger partial charge is 0.382 e. The number of nitrogens with one attached hydrogen (secondary N) is 2. The lowest BCUT2D eigenvalue weighted by Gasteiger charge is -2.04. The molecule has 0 aliphatic carbocycles. The van der Waals surface area contributed by atoms with E-state index in [0.29, 0.717) is 18.8 Å². The van der Waals surface area contributed by atoms with Gasteiger partial charge in [-0.2, -0.15) is 0 Å². The molecular formula is C12H12Br2N2O3. The van der Waals surface area contributed by atoms with Crippen LogP contribution in [0.25, 0.3) is 10.9 Å². The summed E-state index contributed by atoms with van der Waals surface area (Å²) in [6.45, 7) is 0.729. The van der Waals surface area contributed by atoms with Gasteiger partial charge in [0.15, 0.2) is 0 Å². The third-order valence-electron chi connectivity index (χ3n) is 2.52. The first-order valence-corrected chi connectivity index (χ1v) is 7.09. The lowest BCUT2D eigenvalue weighted by atomic mass is 10.2. The molecule has 1 amide bonds. The number of carbonyl (C=O) groups is 1. The predicted molar refractivity (Wildman–Crippen MR) is 79.0 cm³/mol. The molecule has 0 atom stereocenters. The second-order valence-corrected chi connectivity index (χ2v) is 5.50. The van der Waals surface area contributed by atoms with Gasteiger partial charge < -0.3 is 9.72 Å². The highest BCUT2D eigenvalue weighted by Gasteiger charge is 2.13. The van der Waals surface area contributed by atoms with Gasteiger partial charge in [0.05, 0.1) is 18.8 Å². The highest BCUT2D eigenvalue weighted by atomic mass is 79.9. The number of benzene rings is 1. The minimum absolute atomic E-state index is 0.295. The quantitative estimate of drug-likeness (QED) is 0.608. The molecule has 0 aliphatic heterocycles. The number of ether oxygens (including phenoxy) is 1. The van der Waals surface area contributed by atoms with E-state index >= 15 is 0 Å². The van der Waals surface area contributed by atoms with Crippen LogP contribution in [0.15, 0.2) is 27.3 Å². The molecule has 0 bridgehead atoms. The number of hydrogen-bond donors (Lipinski definition) is 2. The molecular weight excluding hydrogens is 380 g/mol. The Morgan fingerprint density at radius 3 is 2.79 bits per heavy atom. The number of methoxy groups -OCH3 is 1. The minimum atomic E-state index is -0.295. The fourth-order valence-electron chi connectivity index (χ4n) is 1.60. The molecule has 1 heterocycles. The molecule has 1 aromatic heterocycles. The fraction of sp³-hybridized carbons (Fsp3) is 0.250. The van der Waals surface area contributed by atoms with Gasteiger partial charge in [-0.05, 0) is 44.0 Å². The number of aromatic amines is 1. The third-order valence-corrected chi connectivity index (χ3v) is 4.37. The summed E-state index contributed by atoms with van der Waals surface area (Å²) in [6.07, 6.45) is 1.65. The smallest absolute Gasteiger partial charge is 0.277 e. The van der Waals surface area contributed by atoms with Crippen LogP contribution in [0.4, 0.5) is 0 Å². The van der Waals surface area contributed by atoms with Crippen molar-refractivity contribution in [2.75, 3.05) is 20.3 Å². The molecule has 0 radical (unpaired) electrons. The molecule has 0 saturated heterocycles. The highest BCUT2D eigenvalue weighted by Crippen LogP contribution is 2.29. The van der Waals surface area contributed by atoms with E-state index in [1.165, 1.54) is 0 Å². The number of carbonyl (C=O) groups excluding carboxylic acids is 1. The molecule has 2 N–H and O–H groups in total. The van der Waals surface area contributed by atoms with E-state index in [1.54, 1.807) is 13.3 Å². The Morgan fingerprint density at radius 2 is 2.05 bits per heavy atom. The number of fused-ring (bicyclic) bond motifs is 1. The molecule has 0 aliphatic rings. The molecule has 1 aromatic carbocycles. The van der Waals surface area contributed by atoms with Crippen LogP contribution in [-0.4, -0.2) is 31.2 Å². The van der Waals surface area contributed by atoms with Crippen LogP contribution in [-0.2, 0) is 9.57 Å². The lowest BCUT2D eigenvalue weighted by Crippen LogP contribution is -2.25. The van der Waals surface area contributed by atoms with Crippen LogP contribution in [0.3, 0.4) is 0 Å². The summed E-state index contributed by atoms with van der Waals surface area (Å²) in [4.78, 5) is 20.0. The summed E-state index contributed by atoms with van der Waals surface area (Å²) in [5.74, 6) is -0.295. The monoisotopic (exact) mass is 390 g/mol. The van der Waals surface area contributed by atoms with Crippen molar-refractivity contribution in [2.45, 2.75) is 0 Å². The topological polar surface area (TPSA) is 63.4 Å². The molecule has 0 unspecified atom stereocenters. The first-order valence-electron chi connectivity index (χ1n) is 5.50. The molecule has 0 saturated carbocycles. The number of H-pyrrole nitrogens is 1. The zero-order valence-electron chi connectivity index (χ0n) is 10.1. The summed E-state index contributed by atoms with van der Waals surface area (Å²) >= 11 is 6.83. The Kier molecular flexibility index (Phi) is 4.98. The second-order valence-electron chi connectivity index (χ2n) is 3.79. The second kappa shape index (κ2) is 6.51. The van der Waals surface area contributed by atoms with Crippen LogP contribution in [0.1, 0.15) is 10.4 Å². The summed E-state index contributed by atoms with van der Waals surface area (Å²) < 4.78 is 6.62. The maximum Gasteiger partial charge on any atom is 0.277 e. The summed E-state index contributed by atoms with van der Waals surface area (Å²) in [7, 11) is 1.57. The summed E-state index contributed by atoms with van der Waals surface area (Å²) in [5.41, 5.74) is 3.78. The minimum Gasteiger partial charge on any atom is -0.382 e. The van der Waals surface area contributed by atoms with E-state index in [2.05, 4.69) is 42.3 Å². The van der Waals surface area contributed by atoms with Crippen molar-refractivity contribution in [3.8, 4) is 0 Å². The van der Waals surface area contributed by atoms with E-state index in [4.69, 9.17) is 9.57 Å². The van der Waals surface area contributed by atoms with E-state index < -0.39 is 0 Å². The maximum absolute atomic E-state index is 12.0. The first-order chi connectivity index (χ1) is 9.13. The van der Waals surface area contributed by atoms with Gasteiger partial charge in [0.2, 0.25) is 0 Å². The number of aromatic nitrogens is 1. The predicted octanol–water partition coefficient (Wildman–Crippen LogP) is 3.00. The summed E-state index contributed by atoms with van der Waals surface area (Å²) in [5, 5.41) is 0.822. The van der Waals surface area contributed by atoms with Gasteiger partial charge in [0.1, 0.15) is 0 Å². The van der Waals surface area contributed by atoms with E-state index in [1.807, 2.05) is 12.1 Å². The first kappa shape index (κ1) is 14.5. The van der Waals surface area contributed by atoms with Gasteiger partial charge in [-0.3, -0.25) is 9.63 Å². The Balaban J connectivity index is 2.16. The number of halogens is 2. The Morgan fingerprint density at radius 1 is 1.32 bits per heavy atom. The zero-order valence-corrected chi connectivity index (χ0v) is 13.3. The standard InChI is InChI=1S/C12H12Br2N2O3/c1-18-2-3-19-16-12(17)8-6-15-11-5-10(14)9(13)4-7(8)11/h4-6,15H,2-3H2,1H3,(H,16,17). The van der Waals surface area contributed by atoms with Crippen LogP contribution < -0.4 is 5.48 Å². The van der Waals surface area contributed by atoms with Gasteiger partial charge in [-0.25, -0.2) is 5.48 Å². The summed E-state index contributed by atoms with van der Waals surface area (Å²) in [6, 6.07) is 3.78. The fourth-order valence-corrected chi connectivity index (χ4v) is 2.29. The van der Waals surface area contributed by atoms with Gasteiger partial charge in [0, 0.05) is 33.2 Å². The van der Waals surface area contributed by atoms with Crippen molar-refractivity contribution in [1.29, 1.82) is 0 Å². The molecule has 2 rings (SSSR count). The van der Waals surface area contributed by atoms with Gasteiger partial charge in [0.25, 0.3) is 5.91 Å². The van der Waals surface area contributed by atoms with Crippen LogP contribution in [0, 0.1) is 0 Å². The lowest BCUT2D eigenvalue weighted by molar-refractivity contribution is 0.00899. The Hall–Kier alpha value is -0.890. The number of hydroxylamine groups is 1. The van der Waals surface area contributed by atoms with Crippen molar-refractivity contribution in [2.24, 2.45) is 0 Å². The molecule has 102 valence electrons. The Labute approximate surface area is 126 Å². The van der Waals surface area contributed by atoms with Crippen LogP contribution in [0.5, 0.6) is 0 Å². The molecule has 7 heteroatoms. The van der Waals surface area contributed by atoms with Crippen molar-refractivity contribution >= 4 is 48.7 Å². The van der Waals surface area contributed by atoms with Crippen LogP contribution >= 0.6 is 31.9 Å². The number of rotatable bonds is 5. The van der Waals surface area contributed by atoms with Gasteiger partial charge in [-0.1, -0.05) is 0 Å². The molecule has 2 aromatic rings. The normalized spacial score (nSPS) is 10.9. The number of amides is 1. The third kappa shape index (κ3) is 3.36. The zero-order chi connectivity index (χ0) is 13.8. The molecule has 0 spiro atoms. The van der Waals surface area contributed by atoms with E-state index in [9.17, 15) is 4.79 Å². The highest BCUT2D eigenvalue weighted by molar-refractivity contribution is 9.13. The average Bonchev–Trinajstić information content (AvgIpc) is 2.78. The van der Waals surface area contributed by atoms with E-state index in [-0.39, 0.29) is 5.91 Å². The van der Waals surface area contributed by atoms with Gasteiger partial charge >= 0.3 is 0 Å². The van der Waals surface area contributed by atoms with Gasteiger partial charge in [-0.15, -0.1) is 0 Å². The SMILES string of the molecule is COCCONC(=O)c1c[nH]c2cc(Br)c(Br)cc12. The van der Waals surface area contributed by atoms with Crippen molar-refractivity contribution < 1.29 is 14.4 Å². The van der Waals surface area contributed by atoms with Crippen LogP contribution in [0.2, 0.25) is 0 Å². The molecule has 19 heavy (non-hydrogen) atoms. The maximum atomic E-state index is 12.0. The molecule has 5 nitrogen and oxygen atoms in total. The number of hydrogen-bond acceptors (Lipinski definition) is 3. The Bertz CT molecular complexity index is 598. The van der Waals surface area contributed by atoms with Crippen molar-refractivity contribution in [3.05, 3.63) is 32.8 Å². The van der Waals surface area contributed by atoms with E-state index in [0.717, 1.165) is 19.8 Å². The molecule has 0 fully saturated rings. The average molecular weight is 392 g/mol. The van der Waals surface area contributed by atoms with Crippen molar-refractivity contribution in [3.63, 3.8) is 0 Å².